The van der Waals surface area contributed by atoms with Gasteiger partial charge in [-0.1, -0.05) is 12.1 Å². The quantitative estimate of drug-likeness (QED) is 0.718. The van der Waals surface area contributed by atoms with Crippen LogP contribution in [0.25, 0.3) is 17.0 Å². The van der Waals surface area contributed by atoms with Gasteiger partial charge in [0.15, 0.2) is 5.82 Å². The molecule has 2 aromatic heterocycles. The number of nitrogens with one attached hydrogen (secondary N) is 1. The van der Waals surface area contributed by atoms with E-state index in [0.29, 0.717) is 19.0 Å². The minimum absolute atomic E-state index is 0.0464. The number of ether oxygens (including phenoxy) is 1. The molecule has 9 heteroatoms. The van der Waals surface area contributed by atoms with Gasteiger partial charge in [-0.2, -0.15) is 4.52 Å². The highest BCUT2D eigenvalue weighted by atomic mass is 16.5. The molecular formula is C21H25N7O2. The fourth-order valence-electron chi connectivity index (χ4n) is 4.00. The van der Waals surface area contributed by atoms with Crippen LogP contribution in [0.4, 0.5) is 16.3 Å². The first-order valence-corrected chi connectivity index (χ1v) is 10.4. The largest absolute Gasteiger partial charge is 0.378 e. The average Bonchev–Trinajstić information content (AvgIpc) is 3.43. The summed E-state index contributed by atoms with van der Waals surface area (Å²) >= 11 is 0. The van der Waals surface area contributed by atoms with Gasteiger partial charge in [-0.3, -0.25) is 0 Å². The van der Waals surface area contributed by atoms with Crippen LogP contribution >= 0.6 is 0 Å². The lowest BCUT2D eigenvalue weighted by Crippen LogP contribution is -2.37. The van der Waals surface area contributed by atoms with Gasteiger partial charge in [0.25, 0.3) is 5.78 Å². The molecule has 1 N–H and O–H groups in total. The van der Waals surface area contributed by atoms with Crippen molar-refractivity contribution in [1.29, 1.82) is 0 Å². The van der Waals surface area contributed by atoms with Crippen molar-refractivity contribution in [2.75, 3.05) is 49.6 Å². The number of hydrogen-bond donors (Lipinski definition) is 1. The number of fused-ring (bicyclic) bond motifs is 1. The van der Waals surface area contributed by atoms with Crippen molar-refractivity contribution in [1.82, 2.24) is 24.5 Å². The number of aromatic nitrogens is 4. The van der Waals surface area contributed by atoms with Crippen LogP contribution in [-0.2, 0) is 4.74 Å². The van der Waals surface area contributed by atoms with Gasteiger partial charge < -0.3 is 19.9 Å². The van der Waals surface area contributed by atoms with Crippen molar-refractivity contribution in [3.63, 3.8) is 0 Å². The molecular weight excluding hydrogens is 382 g/mol. The number of morpholine rings is 1. The number of carbonyl (C=O) groups excluding carboxylic acids is 1. The zero-order valence-electron chi connectivity index (χ0n) is 17.0. The van der Waals surface area contributed by atoms with Crippen LogP contribution in [-0.4, -0.2) is 69.9 Å². The molecule has 0 bridgehead atoms. The van der Waals surface area contributed by atoms with Crippen molar-refractivity contribution < 1.29 is 9.53 Å². The molecule has 0 aliphatic carbocycles. The Labute approximate surface area is 174 Å². The van der Waals surface area contributed by atoms with Gasteiger partial charge >= 0.3 is 6.03 Å². The summed E-state index contributed by atoms with van der Waals surface area (Å²) in [7, 11) is 0. The van der Waals surface area contributed by atoms with Crippen LogP contribution in [0.15, 0.2) is 30.5 Å². The first-order chi connectivity index (χ1) is 14.7. The fraction of sp³-hybridized carbons (Fsp3) is 0.429. The summed E-state index contributed by atoms with van der Waals surface area (Å²) in [5, 5.41) is 7.76. The lowest BCUT2D eigenvalue weighted by Gasteiger charge is -2.27. The van der Waals surface area contributed by atoms with Crippen molar-refractivity contribution in [3.05, 3.63) is 36.2 Å². The second-order valence-corrected chi connectivity index (χ2v) is 7.68. The zero-order chi connectivity index (χ0) is 20.5. The summed E-state index contributed by atoms with van der Waals surface area (Å²) in [6, 6.07) is 7.72. The Bertz CT molecular complexity index is 1070. The van der Waals surface area contributed by atoms with Crippen LogP contribution in [0.5, 0.6) is 0 Å². The highest BCUT2D eigenvalue weighted by Gasteiger charge is 2.19. The SMILES string of the molecule is Cc1c(-c2cccc(NC(=O)N3CCCC3)c2)nc2ncc(N3CCOCC3)nn12. The Kier molecular flexibility index (Phi) is 4.96. The van der Waals surface area contributed by atoms with Crippen molar-refractivity contribution >= 4 is 23.3 Å². The molecule has 3 aromatic rings. The number of nitrogens with zero attached hydrogens (tertiary/aromatic N) is 6. The van der Waals surface area contributed by atoms with E-state index in [-0.39, 0.29) is 6.03 Å². The molecule has 4 heterocycles. The molecule has 1 aromatic carbocycles. The molecule has 30 heavy (non-hydrogen) atoms. The van der Waals surface area contributed by atoms with Gasteiger partial charge in [0.2, 0.25) is 0 Å². The highest BCUT2D eigenvalue weighted by Crippen LogP contribution is 2.26. The van der Waals surface area contributed by atoms with Crippen LogP contribution in [0, 0.1) is 6.92 Å². The third-order valence-electron chi connectivity index (χ3n) is 5.68. The summed E-state index contributed by atoms with van der Waals surface area (Å²) in [6.45, 7) is 6.63. The number of hydrogen-bond acceptors (Lipinski definition) is 6. The maximum absolute atomic E-state index is 12.4. The molecule has 0 radical (unpaired) electrons. The van der Waals surface area contributed by atoms with E-state index in [1.54, 1.807) is 10.7 Å². The Morgan fingerprint density at radius 2 is 1.93 bits per heavy atom. The molecule has 0 unspecified atom stereocenters. The van der Waals surface area contributed by atoms with E-state index in [0.717, 1.165) is 67.5 Å². The number of aryl methyl sites for hydroxylation is 1. The minimum atomic E-state index is -0.0464. The van der Waals surface area contributed by atoms with Crippen LogP contribution in [0.2, 0.25) is 0 Å². The second-order valence-electron chi connectivity index (χ2n) is 7.68. The smallest absolute Gasteiger partial charge is 0.321 e. The number of carbonyl (C=O) groups is 1. The molecule has 0 saturated carbocycles. The minimum Gasteiger partial charge on any atom is -0.378 e. The Hall–Kier alpha value is -3.20. The summed E-state index contributed by atoms with van der Waals surface area (Å²) in [5.41, 5.74) is 3.41. The first-order valence-electron chi connectivity index (χ1n) is 10.4. The topological polar surface area (TPSA) is 87.9 Å². The molecule has 5 rings (SSSR count). The molecule has 2 aliphatic rings. The standard InChI is InChI=1S/C21H25N7O2/c1-15-19(16-5-4-6-17(13-16)23-21(29)27-7-2-3-8-27)24-20-22-14-18(25-28(15)20)26-9-11-30-12-10-26/h4-6,13-14H,2-3,7-12H2,1H3,(H,23,29). The maximum atomic E-state index is 12.4. The van der Waals surface area contributed by atoms with E-state index in [1.165, 1.54) is 0 Å². The van der Waals surface area contributed by atoms with E-state index >= 15 is 0 Å². The summed E-state index contributed by atoms with van der Waals surface area (Å²) in [4.78, 5) is 25.6. The second kappa shape index (κ2) is 7.91. The number of likely N-dealkylation sites (tertiary alicyclic amines) is 1. The summed E-state index contributed by atoms with van der Waals surface area (Å²) in [6.07, 6.45) is 3.91. The van der Waals surface area contributed by atoms with Crippen LogP contribution in [0.3, 0.4) is 0 Å². The van der Waals surface area contributed by atoms with Gasteiger partial charge in [-0.25, -0.2) is 14.8 Å². The molecule has 2 fully saturated rings. The number of anilines is 2. The van der Waals surface area contributed by atoms with E-state index in [9.17, 15) is 4.79 Å². The molecule has 0 spiro atoms. The summed E-state index contributed by atoms with van der Waals surface area (Å²) < 4.78 is 7.21. The van der Waals surface area contributed by atoms with Crippen molar-refractivity contribution in [2.24, 2.45) is 0 Å². The molecule has 2 saturated heterocycles. The number of benzene rings is 1. The predicted molar refractivity (Wildman–Crippen MR) is 114 cm³/mol. The van der Waals surface area contributed by atoms with E-state index in [4.69, 9.17) is 9.84 Å². The zero-order valence-corrected chi connectivity index (χ0v) is 17.0. The Morgan fingerprint density at radius 3 is 2.73 bits per heavy atom. The molecule has 2 amide bonds. The molecule has 9 nitrogen and oxygen atoms in total. The lowest BCUT2D eigenvalue weighted by atomic mass is 10.1. The molecule has 0 atom stereocenters. The lowest BCUT2D eigenvalue weighted by molar-refractivity contribution is 0.122. The van der Waals surface area contributed by atoms with Gasteiger partial charge in [0, 0.05) is 37.4 Å². The van der Waals surface area contributed by atoms with Gasteiger partial charge in [0.1, 0.15) is 0 Å². The van der Waals surface area contributed by atoms with Crippen molar-refractivity contribution in [3.8, 4) is 11.3 Å². The number of rotatable bonds is 3. The fourth-order valence-corrected chi connectivity index (χ4v) is 4.00. The van der Waals surface area contributed by atoms with Gasteiger partial charge in [-0.15, -0.1) is 5.10 Å². The van der Waals surface area contributed by atoms with Crippen LogP contribution < -0.4 is 10.2 Å². The summed E-state index contributed by atoms with van der Waals surface area (Å²) in [5.74, 6) is 1.38. The highest BCUT2D eigenvalue weighted by molar-refractivity contribution is 5.90. The van der Waals surface area contributed by atoms with Gasteiger partial charge in [-0.05, 0) is 31.9 Å². The number of urea groups is 1. The third-order valence-corrected chi connectivity index (χ3v) is 5.68. The first kappa shape index (κ1) is 18.8. The van der Waals surface area contributed by atoms with Crippen LogP contribution in [0.1, 0.15) is 18.5 Å². The molecule has 156 valence electrons. The molecule has 2 aliphatic heterocycles. The Balaban J connectivity index is 1.42. The van der Waals surface area contributed by atoms with E-state index < -0.39 is 0 Å². The van der Waals surface area contributed by atoms with E-state index in [2.05, 4.69) is 20.2 Å². The monoisotopic (exact) mass is 407 g/mol. The van der Waals surface area contributed by atoms with Crippen molar-refractivity contribution in [2.45, 2.75) is 19.8 Å². The number of imidazole rings is 1. The number of amides is 2. The maximum Gasteiger partial charge on any atom is 0.321 e. The Morgan fingerprint density at radius 1 is 1.13 bits per heavy atom. The normalized spacial score (nSPS) is 17.0. The average molecular weight is 407 g/mol. The predicted octanol–water partition coefficient (Wildman–Crippen LogP) is 2.56. The van der Waals surface area contributed by atoms with Gasteiger partial charge in [0.05, 0.1) is 30.8 Å². The van der Waals surface area contributed by atoms with E-state index in [1.807, 2.05) is 36.1 Å². The third kappa shape index (κ3) is 3.56.